The van der Waals surface area contributed by atoms with Crippen LogP contribution in [0.1, 0.15) is 36.4 Å². The van der Waals surface area contributed by atoms with E-state index >= 15 is 0 Å². The van der Waals surface area contributed by atoms with Gasteiger partial charge in [-0.05, 0) is 49.2 Å². The number of likely N-dealkylation sites (tertiary alicyclic amines) is 1. The molecule has 1 aliphatic heterocycles. The number of hydrogen-bond donors (Lipinski definition) is 1. The van der Waals surface area contributed by atoms with Gasteiger partial charge in [0.15, 0.2) is 0 Å². The first kappa shape index (κ1) is 20.8. The lowest BCUT2D eigenvalue weighted by Crippen LogP contribution is -2.46. The Kier molecular flexibility index (Phi) is 6.70. The third kappa shape index (κ3) is 4.22. The highest BCUT2D eigenvalue weighted by molar-refractivity contribution is 6.42. The molecule has 0 spiro atoms. The minimum absolute atomic E-state index is 0.336. The van der Waals surface area contributed by atoms with Gasteiger partial charge in [0.05, 0.1) is 30.3 Å². The molecule has 7 heteroatoms. The van der Waals surface area contributed by atoms with Crippen LogP contribution >= 0.6 is 23.2 Å². The lowest BCUT2D eigenvalue weighted by molar-refractivity contribution is -0.145. The molecule has 0 aromatic heterocycles. The Labute approximate surface area is 174 Å². The van der Waals surface area contributed by atoms with E-state index in [-0.39, 0.29) is 6.04 Å². The predicted octanol–water partition coefficient (Wildman–Crippen LogP) is 5.04. The smallest absolute Gasteiger partial charge is 0.320 e. The van der Waals surface area contributed by atoms with Crippen LogP contribution in [0.2, 0.25) is 10.0 Å². The number of benzene rings is 2. The third-order valence-corrected chi connectivity index (χ3v) is 5.89. The molecule has 1 saturated heterocycles. The van der Waals surface area contributed by atoms with Gasteiger partial charge in [0.25, 0.3) is 0 Å². The summed E-state index contributed by atoms with van der Waals surface area (Å²) in [7, 11) is 3.19. The van der Waals surface area contributed by atoms with E-state index in [1.165, 1.54) is 0 Å². The number of carboxylic acids is 1. The molecule has 1 N–H and O–H groups in total. The molecule has 150 valence electrons. The summed E-state index contributed by atoms with van der Waals surface area (Å²) in [6, 6.07) is 10.1. The largest absolute Gasteiger partial charge is 0.497 e. The molecule has 0 radical (unpaired) electrons. The van der Waals surface area contributed by atoms with Crippen LogP contribution in [0.4, 0.5) is 0 Å². The van der Waals surface area contributed by atoms with E-state index in [9.17, 15) is 9.90 Å². The number of piperidine rings is 1. The van der Waals surface area contributed by atoms with Gasteiger partial charge in [0, 0.05) is 11.6 Å². The van der Waals surface area contributed by atoms with Crippen molar-refractivity contribution in [2.24, 2.45) is 0 Å². The summed E-state index contributed by atoms with van der Waals surface area (Å²) in [5.41, 5.74) is 1.72. The summed E-state index contributed by atoms with van der Waals surface area (Å²) < 4.78 is 10.9. The molecule has 2 aromatic rings. The van der Waals surface area contributed by atoms with Crippen LogP contribution in [-0.2, 0) is 4.79 Å². The number of hydrogen-bond acceptors (Lipinski definition) is 4. The average Bonchev–Trinajstić information content (AvgIpc) is 2.71. The maximum Gasteiger partial charge on any atom is 0.320 e. The molecular formula is C21H23Cl2NO4. The Morgan fingerprint density at radius 1 is 1.11 bits per heavy atom. The zero-order chi connectivity index (χ0) is 20.3. The van der Waals surface area contributed by atoms with Crippen molar-refractivity contribution in [1.29, 1.82) is 0 Å². The molecule has 3 rings (SSSR count). The fraction of sp³-hybridized carbons (Fsp3) is 0.381. The molecule has 0 amide bonds. The highest BCUT2D eigenvalue weighted by Crippen LogP contribution is 2.41. The van der Waals surface area contributed by atoms with Crippen molar-refractivity contribution in [1.82, 2.24) is 4.90 Å². The van der Waals surface area contributed by atoms with E-state index < -0.39 is 12.0 Å². The minimum Gasteiger partial charge on any atom is -0.497 e. The van der Waals surface area contributed by atoms with E-state index in [0.717, 1.165) is 24.0 Å². The number of rotatable bonds is 6. The van der Waals surface area contributed by atoms with Crippen molar-refractivity contribution in [2.45, 2.75) is 31.3 Å². The van der Waals surface area contributed by atoms with Gasteiger partial charge in [-0.15, -0.1) is 0 Å². The highest BCUT2D eigenvalue weighted by Gasteiger charge is 2.36. The normalized spacial score (nSPS) is 18.5. The first-order chi connectivity index (χ1) is 13.5. The standard InChI is InChI=1S/C21H23Cl2NO4/c1-27-14-7-8-15(19(12-14)28-2)20(13-6-9-16(22)17(23)11-13)24-10-4-3-5-18(24)21(25)26/h6-9,11-12,18,20H,3-5,10H2,1-2H3,(H,25,26). The number of halogens is 2. The summed E-state index contributed by atoms with van der Waals surface area (Å²) >= 11 is 12.4. The molecule has 2 unspecified atom stereocenters. The number of carboxylic acid groups (broad SMARTS) is 1. The van der Waals surface area contributed by atoms with Crippen molar-refractivity contribution in [2.75, 3.05) is 20.8 Å². The molecule has 1 aliphatic rings. The molecule has 1 fully saturated rings. The fourth-order valence-electron chi connectivity index (χ4n) is 3.80. The molecule has 2 atom stereocenters. The summed E-state index contributed by atoms with van der Waals surface area (Å²) in [6.45, 7) is 0.664. The van der Waals surface area contributed by atoms with Gasteiger partial charge < -0.3 is 14.6 Å². The van der Waals surface area contributed by atoms with Crippen LogP contribution in [-0.4, -0.2) is 42.8 Å². The molecule has 28 heavy (non-hydrogen) atoms. The molecule has 0 bridgehead atoms. The van der Waals surface area contributed by atoms with Gasteiger partial charge in [-0.1, -0.05) is 35.7 Å². The molecule has 0 aliphatic carbocycles. The Hall–Kier alpha value is -1.95. The highest BCUT2D eigenvalue weighted by atomic mass is 35.5. The molecular weight excluding hydrogens is 401 g/mol. The molecule has 1 heterocycles. The van der Waals surface area contributed by atoms with Gasteiger partial charge in [0.2, 0.25) is 0 Å². The zero-order valence-corrected chi connectivity index (χ0v) is 17.3. The average molecular weight is 424 g/mol. The van der Waals surface area contributed by atoms with Crippen molar-refractivity contribution in [3.63, 3.8) is 0 Å². The van der Waals surface area contributed by atoms with Crippen molar-refractivity contribution in [3.8, 4) is 11.5 Å². The van der Waals surface area contributed by atoms with E-state index in [4.69, 9.17) is 32.7 Å². The fourth-order valence-corrected chi connectivity index (χ4v) is 4.11. The van der Waals surface area contributed by atoms with Crippen LogP contribution in [0.15, 0.2) is 36.4 Å². The topological polar surface area (TPSA) is 59.0 Å². The second kappa shape index (κ2) is 9.03. The first-order valence-corrected chi connectivity index (χ1v) is 9.87. The van der Waals surface area contributed by atoms with Gasteiger partial charge in [0.1, 0.15) is 17.5 Å². The van der Waals surface area contributed by atoms with E-state index in [1.807, 2.05) is 23.1 Å². The lowest BCUT2D eigenvalue weighted by Gasteiger charge is -2.40. The maximum absolute atomic E-state index is 12.0. The zero-order valence-electron chi connectivity index (χ0n) is 15.8. The van der Waals surface area contributed by atoms with Gasteiger partial charge in [-0.2, -0.15) is 0 Å². The third-order valence-electron chi connectivity index (χ3n) is 5.16. The van der Waals surface area contributed by atoms with E-state index in [0.29, 0.717) is 34.5 Å². The van der Waals surface area contributed by atoms with Crippen molar-refractivity contribution in [3.05, 3.63) is 57.6 Å². The Morgan fingerprint density at radius 3 is 2.54 bits per heavy atom. The number of ether oxygens (including phenoxy) is 2. The summed E-state index contributed by atoms with van der Waals surface area (Å²) in [6.07, 6.45) is 2.42. The van der Waals surface area contributed by atoms with Crippen LogP contribution in [0.5, 0.6) is 11.5 Å². The number of carbonyl (C=O) groups is 1. The van der Waals surface area contributed by atoms with Crippen molar-refractivity contribution < 1.29 is 19.4 Å². The van der Waals surface area contributed by atoms with Crippen molar-refractivity contribution >= 4 is 29.2 Å². The van der Waals surface area contributed by atoms with Crippen LogP contribution < -0.4 is 9.47 Å². The second-order valence-corrected chi connectivity index (χ2v) is 7.59. The monoisotopic (exact) mass is 423 g/mol. The Bertz CT molecular complexity index is 858. The molecule has 5 nitrogen and oxygen atoms in total. The second-order valence-electron chi connectivity index (χ2n) is 6.77. The SMILES string of the molecule is COc1ccc(C(c2ccc(Cl)c(Cl)c2)N2CCCCC2C(=O)O)c(OC)c1. The van der Waals surface area contributed by atoms with Gasteiger partial charge in [-0.25, -0.2) is 0 Å². The van der Waals surface area contributed by atoms with Crippen LogP contribution in [0.25, 0.3) is 0 Å². The molecule has 2 aromatic carbocycles. The first-order valence-electron chi connectivity index (χ1n) is 9.11. The minimum atomic E-state index is -0.822. The number of aliphatic carboxylic acids is 1. The Balaban J connectivity index is 2.16. The summed E-state index contributed by atoms with van der Waals surface area (Å²) in [4.78, 5) is 14.0. The summed E-state index contributed by atoms with van der Waals surface area (Å²) in [5.74, 6) is 0.476. The van der Waals surface area contributed by atoms with E-state index in [1.54, 1.807) is 32.4 Å². The van der Waals surface area contributed by atoms with Crippen LogP contribution in [0.3, 0.4) is 0 Å². The number of nitrogens with zero attached hydrogens (tertiary/aromatic N) is 1. The number of methoxy groups -OCH3 is 2. The van der Waals surface area contributed by atoms with E-state index in [2.05, 4.69) is 0 Å². The molecule has 0 saturated carbocycles. The van der Waals surface area contributed by atoms with Crippen LogP contribution in [0, 0.1) is 0 Å². The quantitative estimate of drug-likeness (QED) is 0.704. The van der Waals surface area contributed by atoms with Gasteiger partial charge >= 0.3 is 5.97 Å². The predicted molar refractivity (Wildman–Crippen MR) is 110 cm³/mol. The Morgan fingerprint density at radius 2 is 1.89 bits per heavy atom. The summed E-state index contributed by atoms with van der Waals surface area (Å²) in [5, 5.41) is 10.7. The maximum atomic E-state index is 12.0. The lowest BCUT2D eigenvalue weighted by atomic mass is 9.91. The van der Waals surface area contributed by atoms with Gasteiger partial charge in [-0.3, -0.25) is 9.69 Å².